The molecule has 0 aliphatic heterocycles. The summed E-state index contributed by atoms with van der Waals surface area (Å²) in [5, 5.41) is 0. The van der Waals surface area contributed by atoms with Crippen molar-refractivity contribution < 1.29 is 51.2 Å². The predicted molar refractivity (Wildman–Crippen MR) is 132 cm³/mol. The van der Waals surface area contributed by atoms with Crippen molar-refractivity contribution in [3.8, 4) is 17.2 Å². The van der Waals surface area contributed by atoms with Crippen molar-refractivity contribution in [1.82, 2.24) is 4.98 Å². The summed E-state index contributed by atoms with van der Waals surface area (Å²) in [6.45, 7) is 7.47. The van der Waals surface area contributed by atoms with Gasteiger partial charge in [0.1, 0.15) is 18.0 Å². The summed E-state index contributed by atoms with van der Waals surface area (Å²) in [4.78, 5) is 41.0. The van der Waals surface area contributed by atoms with Gasteiger partial charge in [0.15, 0.2) is 23.0 Å². The van der Waals surface area contributed by atoms with Gasteiger partial charge in [0.25, 0.3) is 0 Å². The van der Waals surface area contributed by atoms with Gasteiger partial charge in [-0.05, 0) is 37.1 Å². The highest BCUT2D eigenvalue weighted by atomic mass is 19.4. The third-order valence-corrected chi connectivity index (χ3v) is 5.59. The predicted octanol–water partition coefficient (Wildman–Crippen LogP) is 5.25. The minimum absolute atomic E-state index is 0.0366. The van der Waals surface area contributed by atoms with Gasteiger partial charge in [-0.3, -0.25) is 14.4 Å². The molecule has 0 saturated carbocycles. The molecule has 0 unspecified atom stereocenters. The SMILES string of the molecule is COc1ccnc(C(=O)C[C@@H](C)C(=O)O[C@H](C(C)C)[C@H](C)Oc2ccc(C(F)(F)F)cc2)c1OCOC(C)=O. The molecule has 0 radical (unpaired) electrons. The first kappa shape index (κ1) is 31.4. The fourth-order valence-corrected chi connectivity index (χ4v) is 3.59. The minimum Gasteiger partial charge on any atom is -0.493 e. The average molecular weight is 556 g/mol. The van der Waals surface area contributed by atoms with Crippen LogP contribution in [0.15, 0.2) is 36.5 Å². The number of pyridine rings is 1. The largest absolute Gasteiger partial charge is 0.493 e. The Morgan fingerprint density at radius 3 is 2.18 bits per heavy atom. The number of alkyl halides is 3. The molecule has 0 bridgehead atoms. The molecule has 1 heterocycles. The van der Waals surface area contributed by atoms with Crippen molar-refractivity contribution in [3.63, 3.8) is 0 Å². The molecule has 0 aliphatic rings. The van der Waals surface area contributed by atoms with E-state index < -0.39 is 54.4 Å². The second-order valence-corrected chi connectivity index (χ2v) is 9.11. The number of rotatable bonds is 13. The maximum absolute atomic E-state index is 13.0. The summed E-state index contributed by atoms with van der Waals surface area (Å²) < 4.78 is 65.2. The molecule has 0 saturated heterocycles. The Balaban J connectivity index is 2.08. The van der Waals surface area contributed by atoms with Crippen LogP contribution < -0.4 is 14.2 Å². The van der Waals surface area contributed by atoms with E-state index in [-0.39, 0.29) is 35.3 Å². The van der Waals surface area contributed by atoms with Gasteiger partial charge in [-0.2, -0.15) is 13.2 Å². The Bertz CT molecular complexity index is 1130. The van der Waals surface area contributed by atoms with Gasteiger partial charge in [0.05, 0.1) is 18.6 Å². The van der Waals surface area contributed by atoms with Crippen LogP contribution in [-0.2, 0) is 25.2 Å². The zero-order valence-corrected chi connectivity index (χ0v) is 22.5. The van der Waals surface area contributed by atoms with Crippen molar-refractivity contribution in [1.29, 1.82) is 0 Å². The molecule has 1 aromatic carbocycles. The van der Waals surface area contributed by atoms with Crippen molar-refractivity contribution in [3.05, 3.63) is 47.8 Å². The van der Waals surface area contributed by atoms with Crippen LogP contribution in [0.1, 0.15) is 57.1 Å². The normalized spacial score (nSPS) is 13.7. The molecule has 0 amide bonds. The highest BCUT2D eigenvalue weighted by Crippen LogP contribution is 2.32. The summed E-state index contributed by atoms with van der Waals surface area (Å²) in [5.41, 5.74) is -0.918. The topological polar surface area (TPSA) is 110 Å². The number of hydrogen-bond acceptors (Lipinski definition) is 9. The molecule has 0 N–H and O–H groups in total. The van der Waals surface area contributed by atoms with Gasteiger partial charge >= 0.3 is 18.1 Å². The Morgan fingerprint density at radius 1 is 1.00 bits per heavy atom. The lowest BCUT2D eigenvalue weighted by atomic mass is 10.00. The number of nitrogens with zero attached hydrogens (tertiary/aromatic N) is 1. The molecule has 3 atom stereocenters. The standard InChI is InChI=1S/C27H32F3NO8/c1-15(2)24(17(4)38-20-9-7-19(8-10-20)27(28,29)30)39-26(34)16(3)13-21(33)23-25(37-14-36-18(5)32)22(35-6)11-12-31-23/h7-12,15-17,24H,13-14H2,1-6H3/t16-,17+,24-/m1/s1. The highest BCUT2D eigenvalue weighted by Gasteiger charge is 2.32. The quantitative estimate of drug-likeness (QED) is 0.186. The monoisotopic (exact) mass is 555 g/mol. The van der Waals surface area contributed by atoms with Crippen LogP contribution in [0.3, 0.4) is 0 Å². The van der Waals surface area contributed by atoms with Gasteiger partial charge in [-0.15, -0.1) is 0 Å². The zero-order valence-electron chi connectivity index (χ0n) is 22.5. The Kier molecular flexibility index (Phi) is 11.1. The molecule has 9 nitrogen and oxygen atoms in total. The molecule has 0 fully saturated rings. The molecule has 2 rings (SSSR count). The molecular formula is C27H32F3NO8. The van der Waals surface area contributed by atoms with Gasteiger partial charge in [-0.1, -0.05) is 20.8 Å². The van der Waals surface area contributed by atoms with E-state index in [9.17, 15) is 27.6 Å². The van der Waals surface area contributed by atoms with Crippen LogP contribution in [0.4, 0.5) is 13.2 Å². The maximum atomic E-state index is 13.0. The number of esters is 2. The van der Waals surface area contributed by atoms with Crippen molar-refractivity contribution in [2.75, 3.05) is 13.9 Å². The number of ketones is 1. The Labute approximate surface area is 224 Å². The van der Waals surface area contributed by atoms with Crippen LogP contribution in [0.25, 0.3) is 0 Å². The van der Waals surface area contributed by atoms with Crippen LogP contribution in [0, 0.1) is 11.8 Å². The van der Waals surface area contributed by atoms with Gasteiger partial charge in [0, 0.05) is 25.6 Å². The number of methoxy groups -OCH3 is 1. The molecule has 1 aromatic heterocycles. The number of benzene rings is 1. The van der Waals surface area contributed by atoms with Crippen molar-refractivity contribution >= 4 is 17.7 Å². The average Bonchev–Trinajstić information content (AvgIpc) is 2.86. The zero-order chi connectivity index (χ0) is 29.3. The summed E-state index contributed by atoms with van der Waals surface area (Å²) in [5.74, 6) is -2.55. The number of Topliss-reactive ketones (excluding diaryl/α,β-unsaturated/α-hetero) is 1. The third-order valence-electron chi connectivity index (χ3n) is 5.59. The number of halogens is 3. The van der Waals surface area contributed by atoms with E-state index in [4.69, 9.17) is 23.7 Å². The molecule has 0 spiro atoms. The van der Waals surface area contributed by atoms with E-state index in [1.807, 2.05) is 0 Å². The second kappa shape index (κ2) is 13.8. The lowest BCUT2D eigenvalue weighted by molar-refractivity contribution is -0.161. The van der Waals surface area contributed by atoms with Crippen LogP contribution in [0.5, 0.6) is 17.2 Å². The van der Waals surface area contributed by atoms with Crippen LogP contribution >= 0.6 is 0 Å². The molecule has 0 aliphatic carbocycles. The second-order valence-electron chi connectivity index (χ2n) is 9.11. The van der Waals surface area contributed by atoms with E-state index in [1.165, 1.54) is 45.4 Å². The lowest BCUT2D eigenvalue weighted by Gasteiger charge is -2.29. The summed E-state index contributed by atoms with van der Waals surface area (Å²) in [6.07, 6.45) is -4.86. The summed E-state index contributed by atoms with van der Waals surface area (Å²) in [6, 6.07) is 5.67. The summed E-state index contributed by atoms with van der Waals surface area (Å²) >= 11 is 0. The number of ether oxygens (including phenoxy) is 5. The van der Waals surface area contributed by atoms with Crippen molar-refractivity contribution in [2.24, 2.45) is 11.8 Å². The first-order chi connectivity index (χ1) is 18.2. The molecule has 214 valence electrons. The summed E-state index contributed by atoms with van der Waals surface area (Å²) in [7, 11) is 1.36. The van der Waals surface area contributed by atoms with Crippen LogP contribution in [0.2, 0.25) is 0 Å². The third kappa shape index (κ3) is 9.15. The van der Waals surface area contributed by atoms with Crippen LogP contribution in [-0.4, -0.2) is 48.8 Å². The van der Waals surface area contributed by atoms with Gasteiger partial charge in [-0.25, -0.2) is 4.98 Å². The fourth-order valence-electron chi connectivity index (χ4n) is 3.59. The fraction of sp³-hybridized carbons (Fsp3) is 0.481. The Morgan fingerprint density at radius 2 is 1.64 bits per heavy atom. The van der Waals surface area contributed by atoms with Gasteiger partial charge in [0.2, 0.25) is 6.79 Å². The van der Waals surface area contributed by atoms with Crippen molar-refractivity contribution in [2.45, 2.75) is 59.4 Å². The highest BCUT2D eigenvalue weighted by molar-refractivity contribution is 5.99. The first-order valence-electron chi connectivity index (χ1n) is 12.1. The number of carbonyl (C=O) groups excluding carboxylic acids is 3. The van der Waals surface area contributed by atoms with E-state index in [0.717, 1.165) is 12.1 Å². The first-order valence-corrected chi connectivity index (χ1v) is 12.1. The molecular weight excluding hydrogens is 523 g/mol. The maximum Gasteiger partial charge on any atom is 0.416 e. The number of hydrogen-bond donors (Lipinski definition) is 0. The smallest absolute Gasteiger partial charge is 0.416 e. The lowest BCUT2D eigenvalue weighted by Crippen LogP contribution is -2.39. The number of carbonyl (C=O) groups is 3. The minimum atomic E-state index is -4.47. The molecule has 39 heavy (non-hydrogen) atoms. The van der Waals surface area contributed by atoms with Gasteiger partial charge < -0.3 is 23.7 Å². The number of aromatic nitrogens is 1. The Hall–Kier alpha value is -3.83. The molecule has 12 heteroatoms. The molecule has 2 aromatic rings. The van der Waals surface area contributed by atoms with E-state index in [0.29, 0.717) is 0 Å². The van der Waals surface area contributed by atoms with E-state index in [1.54, 1.807) is 20.8 Å². The van der Waals surface area contributed by atoms with E-state index >= 15 is 0 Å². The van der Waals surface area contributed by atoms with E-state index in [2.05, 4.69) is 4.98 Å².